The van der Waals surface area contributed by atoms with E-state index in [1.807, 2.05) is 12.1 Å². The van der Waals surface area contributed by atoms with Crippen LogP contribution in [0.3, 0.4) is 0 Å². The molecule has 0 bridgehead atoms. The summed E-state index contributed by atoms with van der Waals surface area (Å²) >= 11 is -1.80. The summed E-state index contributed by atoms with van der Waals surface area (Å²) in [6.45, 7) is 2.17. The van der Waals surface area contributed by atoms with E-state index in [-0.39, 0.29) is 5.82 Å². The van der Waals surface area contributed by atoms with E-state index >= 15 is 0 Å². The third kappa shape index (κ3) is 5.35. The van der Waals surface area contributed by atoms with Gasteiger partial charge in [-0.3, -0.25) is 0 Å². The molecule has 0 aliphatic heterocycles. The SMILES string of the molecule is C/C(=[CH]\[Sn]([CH3])([CH3])[CH3])Cc1ccc(F)cc1. The van der Waals surface area contributed by atoms with Crippen LogP contribution in [0.4, 0.5) is 4.39 Å². The Hall–Kier alpha value is -0.311. The van der Waals surface area contributed by atoms with Gasteiger partial charge in [-0.1, -0.05) is 0 Å². The van der Waals surface area contributed by atoms with Gasteiger partial charge in [0, 0.05) is 0 Å². The minimum absolute atomic E-state index is 0.157. The molecule has 1 aromatic rings. The molecule has 0 radical (unpaired) electrons. The summed E-state index contributed by atoms with van der Waals surface area (Å²) in [6.07, 6.45) is 0.953. The van der Waals surface area contributed by atoms with E-state index in [0.717, 1.165) is 6.42 Å². The molecule has 1 aromatic carbocycles. The number of halogens is 1. The molecule has 0 saturated heterocycles. The molecule has 0 nitrogen and oxygen atoms in total. The molecule has 0 N–H and O–H groups in total. The third-order valence-electron chi connectivity index (χ3n) is 2.08. The number of benzene rings is 1. The zero-order chi connectivity index (χ0) is 11.5. The molecular weight excluding hydrogens is 294 g/mol. The van der Waals surface area contributed by atoms with Gasteiger partial charge in [0.25, 0.3) is 0 Å². The van der Waals surface area contributed by atoms with Crippen molar-refractivity contribution in [2.24, 2.45) is 0 Å². The van der Waals surface area contributed by atoms with Crippen molar-refractivity contribution in [2.45, 2.75) is 28.2 Å². The fourth-order valence-electron chi connectivity index (χ4n) is 1.71. The zero-order valence-corrected chi connectivity index (χ0v) is 12.8. The van der Waals surface area contributed by atoms with E-state index < -0.39 is 18.4 Å². The second-order valence-corrected chi connectivity index (χ2v) is 19.5. The van der Waals surface area contributed by atoms with Crippen molar-refractivity contribution in [1.29, 1.82) is 0 Å². The van der Waals surface area contributed by atoms with E-state index in [2.05, 4.69) is 25.8 Å². The van der Waals surface area contributed by atoms with Gasteiger partial charge < -0.3 is 0 Å². The zero-order valence-electron chi connectivity index (χ0n) is 9.97. The molecule has 2 heteroatoms. The van der Waals surface area contributed by atoms with E-state index in [1.165, 1.54) is 23.3 Å². The topological polar surface area (TPSA) is 0 Å². The van der Waals surface area contributed by atoms with Gasteiger partial charge in [0.15, 0.2) is 0 Å². The monoisotopic (exact) mass is 314 g/mol. The van der Waals surface area contributed by atoms with Crippen LogP contribution in [0.5, 0.6) is 0 Å². The van der Waals surface area contributed by atoms with Crippen LogP contribution in [-0.2, 0) is 6.42 Å². The fraction of sp³-hybridized carbons (Fsp3) is 0.385. The maximum absolute atomic E-state index is 12.7. The second kappa shape index (κ2) is 5.15. The molecule has 1 rings (SSSR count). The van der Waals surface area contributed by atoms with Gasteiger partial charge in [0.1, 0.15) is 0 Å². The predicted octanol–water partition coefficient (Wildman–Crippen LogP) is 4.19. The Kier molecular flexibility index (Phi) is 4.38. The summed E-state index contributed by atoms with van der Waals surface area (Å²) in [7, 11) is 0. The maximum atomic E-state index is 12.7. The number of hydrogen-bond acceptors (Lipinski definition) is 0. The van der Waals surface area contributed by atoms with Crippen molar-refractivity contribution >= 4 is 18.4 Å². The molecule has 0 fully saturated rings. The molecule has 0 heterocycles. The van der Waals surface area contributed by atoms with Gasteiger partial charge in [-0.2, -0.15) is 0 Å². The van der Waals surface area contributed by atoms with Crippen molar-refractivity contribution in [1.82, 2.24) is 0 Å². The molecule has 0 amide bonds. The first-order valence-electron chi connectivity index (χ1n) is 5.29. The van der Waals surface area contributed by atoms with Crippen LogP contribution in [0.1, 0.15) is 12.5 Å². The van der Waals surface area contributed by atoms with E-state index in [0.29, 0.717) is 0 Å². The molecule has 0 saturated carbocycles. The standard InChI is InChI=1S/C10H10F.3CH3.Sn/c1-8(2)7-9-3-5-10(11)6-4-9;;;;/h1,3-6H,7H2,2H3;3*1H3;. The van der Waals surface area contributed by atoms with E-state index in [1.54, 1.807) is 0 Å². The Morgan fingerprint density at radius 1 is 1.20 bits per heavy atom. The quantitative estimate of drug-likeness (QED) is 0.734. The van der Waals surface area contributed by atoms with Gasteiger partial charge in [-0.15, -0.1) is 0 Å². The average molecular weight is 313 g/mol. The predicted molar refractivity (Wildman–Crippen MR) is 67.2 cm³/mol. The van der Waals surface area contributed by atoms with Gasteiger partial charge in [0.2, 0.25) is 0 Å². The van der Waals surface area contributed by atoms with Crippen LogP contribution in [0, 0.1) is 5.82 Å². The molecule has 0 spiro atoms. The van der Waals surface area contributed by atoms with Crippen LogP contribution in [0.2, 0.25) is 14.8 Å². The number of hydrogen-bond donors (Lipinski definition) is 0. The van der Waals surface area contributed by atoms with Crippen LogP contribution in [-0.4, -0.2) is 18.4 Å². The Balaban J connectivity index is 2.70. The van der Waals surface area contributed by atoms with Crippen molar-refractivity contribution in [3.05, 3.63) is 45.3 Å². The first-order valence-corrected chi connectivity index (χ1v) is 15.5. The molecule has 0 unspecified atom stereocenters. The molecule has 0 aromatic heterocycles. The number of rotatable bonds is 3. The van der Waals surface area contributed by atoms with Crippen molar-refractivity contribution in [3.63, 3.8) is 0 Å². The molecule has 0 aliphatic carbocycles. The average Bonchev–Trinajstić information content (AvgIpc) is 2.05. The Morgan fingerprint density at radius 2 is 1.73 bits per heavy atom. The van der Waals surface area contributed by atoms with Crippen LogP contribution >= 0.6 is 0 Å². The van der Waals surface area contributed by atoms with Gasteiger partial charge in [-0.05, 0) is 0 Å². The molecule has 0 aliphatic rings. The molecular formula is C13H19FSn. The first kappa shape index (κ1) is 12.8. The second-order valence-electron chi connectivity index (χ2n) is 5.16. The summed E-state index contributed by atoms with van der Waals surface area (Å²) in [6, 6.07) is 6.79. The van der Waals surface area contributed by atoms with Gasteiger partial charge in [-0.25, -0.2) is 0 Å². The Bertz CT molecular complexity index is 344. The van der Waals surface area contributed by atoms with E-state index in [9.17, 15) is 4.39 Å². The van der Waals surface area contributed by atoms with Gasteiger partial charge >= 0.3 is 96.2 Å². The van der Waals surface area contributed by atoms with Gasteiger partial charge in [0.05, 0.1) is 0 Å². The summed E-state index contributed by atoms with van der Waals surface area (Å²) < 4.78 is 15.2. The van der Waals surface area contributed by atoms with Crippen LogP contribution in [0.25, 0.3) is 0 Å². The van der Waals surface area contributed by atoms with E-state index in [4.69, 9.17) is 0 Å². The minimum atomic E-state index is -1.80. The number of allylic oxidation sites excluding steroid dienone is 1. The Labute approximate surface area is 96.1 Å². The molecule has 15 heavy (non-hydrogen) atoms. The van der Waals surface area contributed by atoms with Crippen molar-refractivity contribution < 1.29 is 4.39 Å². The van der Waals surface area contributed by atoms with Crippen LogP contribution in [0.15, 0.2) is 33.9 Å². The fourth-order valence-corrected chi connectivity index (χ4v) is 6.23. The summed E-state index contributed by atoms with van der Waals surface area (Å²) in [4.78, 5) is 7.18. The van der Waals surface area contributed by atoms with Crippen LogP contribution < -0.4 is 0 Å². The molecule has 82 valence electrons. The summed E-state index contributed by atoms with van der Waals surface area (Å²) in [5.41, 5.74) is 2.62. The summed E-state index contributed by atoms with van der Waals surface area (Å²) in [5.74, 6) is -0.157. The summed E-state index contributed by atoms with van der Waals surface area (Å²) in [5, 5.41) is 0. The normalized spacial score (nSPS) is 13.0. The third-order valence-corrected chi connectivity index (χ3v) is 5.95. The first-order chi connectivity index (χ1) is 6.87. The Morgan fingerprint density at radius 3 is 2.20 bits per heavy atom. The van der Waals surface area contributed by atoms with Crippen molar-refractivity contribution in [2.75, 3.05) is 0 Å². The van der Waals surface area contributed by atoms with Crippen molar-refractivity contribution in [3.8, 4) is 0 Å². The molecule has 0 atom stereocenters.